The van der Waals surface area contributed by atoms with Gasteiger partial charge in [-0.3, -0.25) is 14.3 Å². The third kappa shape index (κ3) is 5.22. The van der Waals surface area contributed by atoms with Crippen LogP contribution in [0, 0.1) is 0 Å². The van der Waals surface area contributed by atoms with E-state index in [0.717, 1.165) is 38.6 Å². The number of para-hydroxylation sites is 2. The molecule has 12 heteroatoms. The summed E-state index contributed by atoms with van der Waals surface area (Å²) in [4.78, 5) is 32.5. The van der Waals surface area contributed by atoms with E-state index in [2.05, 4.69) is 4.98 Å². The van der Waals surface area contributed by atoms with Crippen molar-refractivity contribution in [2.75, 3.05) is 51.8 Å². The summed E-state index contributed by atoms with van der Waals surface area (Å²) in [6.07, 6.45) is 1.26. The number of aromatic nitrogens is 4. The van der Waals surface area contributed by atoms with Gasteiger partial charge in [0.05, 0.1) is 30.3 Å². The zero-order valence-electron chi connectivity index (χ0n) is 22.9. The molecule has 1 saturated carbocycles. The number of carbonyl (C=O) groups excluding carboxylic acids is 1. The van der Waals surface area contributed by atoms with Gasteiger partial charge in [0.15, 0.2) is 5.82 Å². The number of fused-ring (bicyclic) bond motifs is 1. The highest BCUT2D eigenvalue weighted by molar-refractivity contribution is 5.84. The van der Waals surface area contributed by atoms with Crippen molar-refractivity contribution in [3.05, 3.63) is 36.2 Å². The quantitative estimate of drug-likeness (QED) is 0.438. The summed E-state index contributed by atoms with van der Waals surface area (Å²) in [6, 6.07) is 8.84. The molecule has 10 nitrogen and oxygen atoms in total. The number of likely N-dealkylation sites (tertiary alicyclic amines) is 1. The zero-order valence-corrected chi connectivity index (χ0v) is 22.9. The number of nitrogens with zero attached hydrogens (tertiary/aromatic N) is 7. The van der Waals surface area contributed by atoms with Gasteiger partial charge in [-0.15, -0.1) is 0 Å². The Morgan fingerprint density at radius 2 is 1.75 bits per heavy atom. The van der Waals surface area contributed by atoms with E-state index in [1.807, 2.05) is 28.8 Å². The summed E-state index contributed by atoms with van der Waals surface area (Å²) >= 11 is 0. The number of morpholine rings is 1. The van der Waals surface area contributed by atoms with Crippen LogP contribution in [-0.4, -0.2) is 100 Å². The predicted molar refractivity (Wildman–Crippen MR) is 145 cm³/mol. The molecule has 0 radical (unpaired) electrons. The summed E-state index contributed by atoms with van der Waals surface area (Å²) in [6.45, 7) is 3.06. The maximum atomic E-state index is 14.1. The minimum atomic E-state index is -2.78. The second kappa shape index (κ2) is 11.2. The second-order valence-corrected chi connectivity index (χ2v) is 10.9. The molecule has 1 atom stereocenters. The maximum Gasteiger partial charge on any atom is 0.296 e. The van der Waals surface area contributed by atoms with Gasteiger partial charge in [0.2, 0.25) is 17.7 Å². The lowest BCUT2D eigenvalue weighted by molar-refractivity contribution is -0.134. The van der Waals surface area contributed by atoms with Crippen molar-refractivity contribution < 1.29 is 23.0 Å². The van der Waals surface area contributed by atoms with Gasteiger partial charge in [0, 0.05) is 31.7 Å². The average molecular weight is 556 g/mol. The SMILES string of the molecule is CN(C)C1CCN([C@H]2CC[C@H](Oc3cc(-n4c(C(F)F)nc5ccccc54)nc(N4CCOCC4)n3)CC2)C1=O. The molecule has 3 aliphatic rings. The zero-order chi connectivity index (χ0) is 27.8. The summed E-state index contributed by atoms with van der Waals surface area (Å²) in [5, 5.41) is 0. The molecule has 4 heterocycles. The van der Waals surface area contributed by atoms with Gasteiger partial charge < -0.3 is 19.3 Å². The smallest absolute Gasteiger partial charge is 0.296 e. The highest BCUT2D eigenvalue weighted by Gasteiger charge is 2.38. The highest BCUT2D eigenvalue weighted by atomic mass is 19.3. The van der Waals surface area contributed by atoms with Crippen LogP contribution < -0.4 is 9.64 Å². The summed E-state index contributed by atoms with van der Waals surface area (Å²) in [5.74, 6) is 0.900. The number of hydrogen-bond acceptors (Lipinski definition) is 8. The molecular weight excluding hydrogens is 520 g/mol. The fraction of sp³-hybridized carbons (Fsp3) is 0.571. The van der Waals surface area contributed by atoms with Crippen LogP contribution in [0.3, 0.4) is 0 Å². The van der Waals surface area contributed by atoms with Crippen LogP contribution >= 0.6 is 0 Å². The number of ether oxygens (including phenoxy) is 2. The van der Waals surface area contributed by atoms with Crippen LogP contribution in [0.15, 0.2) is 30.3 Å². The highest BCUT2D eigenvalue weighted by Crippen LogP contribution is 2.32. The van der Waals surface area contributed by atoms with Crippen molar-refractivity contribution in [2.24, 2.45) is 0 Å². The Hall–Kier alpha value is -3.38. The number of amides is 1. The third-order valence-electron chi connectivity index (χ3n) is 8.19. The molecular formula is C28H35F2N7O3. The number of imidazole rings is 1. The molecule has 1 aromatic carbocycles. The molecule has 3 aromatic rings. The van der Waals surface area contributed by atoms with E-state index in [9.17, 15) is 13.6 Å². The number of halogens is 2. The Kier molecular flexibility index (Phi) is 7.54. The Balaban J connectivity index is 1.26. The summed E-state index contributed by atoms with van der Waals surface area (Å²) in [7, 11) is 3.91. The van der Waals surface area contributed by atoms with Crippen LogP contribution in [0.25, 0.3) is 16.9 Å². The predicted octanol–water partition coefficient (Wildman–Crippen LogP) is 3.44. The van der Waals surface area contributed by atoms with E-state index in [0.29, 0.717) is 55.0 Å². The van der Waals surface area contributed by atoms with Crippen LogP contribution in [0.1, 0.15) is 44.4 Å². The second-order valence-electron chi connectivity index (χ2n) is 10.9. The normalized spacial score (nSPS) is 24.1. The van der Waals surface area contributed by atoms with E-state index in [1.54, 1.807) is 30.3 Å². The van der Waals surface area contributed by atoms with Gasteiger partial charge in [-0.05, 0) is 58.3 Å². The Morgan fingerprint density at radius 1 is 1.00 bits per heavy atom. The Labute approximate surface area is 231 Å². The molecule has 0 N–H and O–H groups in total. The fourth-order valence-electron chi connectivity index (χ4n) is 6.09. The van der Waals surface area contributed by atoms with Crippen LogP contribution in [0.2, 0.25) is 0 Å². The molecule has 0 bridgehead atoms. The van der Waals surface area contributed by atoms with Crippen molar-refractivity contribution in [1.29, 1.82) is 0 Å². The molecule has 40 heavy (non-hydrogen) atoms. The molecule has 1 unspecified atom stereocenters. The monoisotopic (exact) mass is 555 g/mol. The molecule has 2 saturated heterocycles. The van der Waals surface area contributed by atoms with Gasteiger partial charge in [0.25, 0.3) is 6.43 Å². The van der Waals surface area contributed by atoms with Crippen LogP contribution in [-0.2, 0) is 9.53 Å². The molecule has 214 valence electrons. The van der Waals surface area contributed by atoms with E-state index < -0.39 is 6.43 Å². The van der Waals surface area contributed by atoms with Crippen molar-refractivity contribution in [2.45, 2.75) is 56.7 Å². The number of rotatable bonds is 7. The van der Waals surface area contributed by atoms with Gasteiger partial charge in [0.1, 0.15) is 11.9 Å². The van der Waals surface area contributed by atoms with E-state index in [1.165, 1.54) is 4.57 Å². The molecule has 1 aliphatic carbocycles. The topological polar surface area (TPSA) is 88.8 Å². The van der Waals surface area contributed by atoms with Gasteiger partial charge >= 0.3 is 0 Å². The third-order valence-corrected chi connectivity index (χ3v) is 8.19. The number of anilines is 1. The molecule has 1 amide bonds. The Bertz CT molecular complexity index is 1350. The first-order valence-electron chi connectivity index (χ1n) is 14.0. The first-order valence-corrected chi connectivity index (χ1v) is 14.0. The van der Waals surface area contributed by atoms with E-state index in [-0.39, 0.29) is 29.9 Å². The maximum absolute atomic E-state index is 14.1. The van der Waals surface area contributed by atoms with E-state index >= 15 is 0 Å². The van der Waals surface area contributed by atoms with Gasteiger partial charge in [-0.1, -0.05) is 12.1 Å². The number of carbonyl (C=O) groups is 1. The lowest BCUT2D eigenvalue weighted by Crippen LogP contribution is -2.44. The minimum absolute atomic E-state index is 0.0376. The standard InChI is InChI=1S/C28H35F2N7O3/c1-34(2)22-11-12-36(27(22)38)18-7-9-19(10-8-18)40-24-17-23(32-28(33-24)35-13-15-39-16-14-35)37-21-6-4-3-5-20(21)31-26(37)25(29)30/h3-6,17-19,22,25H,7-16H2,1-2H3/t18-,19-,22?. The Morgan fingerprint density at radius 3 is 2.45 bits per heavy atom. The van der Waals surface area contributed by atoms with Crippen molar-refractivity contribution in [3.8, 4) is 11.7 Å². The lowest BCUT2D eigenvalue weighted by atomic mass is 9.92. The summed E-state index contributed by atoms with van der Waals surface area (Å²) < 4.78 is 41.5. The largest absolute Gasteiger partial charge is 0.474 e. The number of likely N-dealkylation sites (N-methyl/N-ethyl adjacent to an activating group) is 1. The lowest BCUT2D eigenvalue weighted by Gasteiger charge is -2.35. The molecule has 6 rings (SSSR count). The molecule has 2 aromatic heterocycles. The fourth-order valence-corrected chi connectivity index (χ4v) is 6.09. The van der Waals surface area contributed by atoms with Gasteiger partial charge in [-0.25, -0.2) is 13.8 Å². The van der Waals surface area contributed by atoms with Crippen LogP contribution in [0.4, 0.5) is 14.7 Å². The molecule has 3 fully saturated rings. The number of alkyl halides is 2. The van der Waals surface area contributed by atoms with Gasteiger partial charge in [-0.2, -0.15) is 9.97 Å². The number of benzene rings is 1. The first kappa shape index (κ1) is 26.8. The molecule has 2 aliphatic heterocycles. The first-order chi connectivity index (χ1) is 19.4. The van der Waals surface area contributed by atoms with E-state index in [4.69, 9.17) is 19.4 Å². The minimum Gasteiger partial charge on any atom is -0.474 e. The van der Waals surface area contributed by atoms with Crippen molar-refractivity contribution in [3.63, 3.8) is 0 Å². The number of hydrogen-bond donors (Lipinski definition) is 0. The van der Waals surface area contributed by atoms with Crippen molar-refractivity contribution >= 4 is 22.9 Å². The molecule has 0 spiro atoms. The van der Waals surface area contributed by atoms with Crippen LogP contribution in [0.5, 0.6) is 5.88 Å². The average Bonchev–Trinajstić information content (AvgIpc) is 3.55. The van der Waals surface area contributed by atoms with Crippen molar-refractivity contribution in [1.82, 2.24) is 29.3 Å². The summed E-state index contributed by atoms with van der Waals surface area (Å²) in [5.41, 5.74) is 1.01.